The van der Waals surface area contributed by atoms with Gasteiger partial charge in [0.15, 0.2) is 0 Å². The largest absolute Gasteiger partial charge is 0.396 e. The van der Waals surface area contributed by atoms with Crippen molar-refractivity contribution >= 4 is 34.8 Å². The third-order valence-electron chi connectivity index (χ3n) is 5.09. The summed E-state index contributed by atoms with van der Waals surface area (Å²) in [6.07, 6.45) is 5.09. The number of aliphatic hydroxyl groups is 1. The fraction of sp³-hybridized carbons (Fsp3) is 0.364. The molecule has 0 atom stereocenters. The van der Waals surface area contributed by atoms with Crippen molar-refractivity contribution in [3.63, 3.8) is 0 Å². The number of rotatable bonds is 7. The first-order valence-corrected chi connectivity index (χ1v) is 10.6. The Morgan fingerprint density at radius 1 is 1.25 bits per heavy atom. The summed E-state index contributed by atoms with van der Waals surface area (Å²) in [5.41, 5.74) is 2.63. The molecular weight excluding hydrogens is 432 g/mol. The fourth-order valence-electron chi connectivity index (χ4n) is 3.34. The lowest BCUT2D eigenvalue weighted by molar-refractivity contribution is -0.125. The first-order chi connectivity index (χ1) is 15.3. The molecule has 1 saturated heterocycles. The van der Waals surface area contributed by atoms with Crippen molar-refractivity contribution in [3.8, 4) is 11.3 Å². The maximum atomic E-state index is 12.0. The molecule has 0 radical (unpaired) electrons. The van der Waals surface area contributed by atoms with Crippen LogP contribution >= 0.6 is 11.6 Å². The smallest absolute Gasteiger partial charge is 0.253 e. The van der Waals surface area contributed by atoms with Crippen LogP contribution in [0.25, 0.3) is 11.3 Å². The molecule has 9 nitrogen and oxygen atoms in total. The zero-order chi connectivity index (χ0) is 22.7. The molecular formula is C22H25ClN6O3. The molecule has 2 N–H and O–H groups in total. The Bertz CT molecular complexity index is 1100. The number of nitrogens with one attached hydrogen (secondary N) is 1. The number of halogens is 1. The monoisotopic (exact) mass is 456 g/mol. The predicted molar refractivity (Wildman–Crippen MR) is 122 cm³/mol. The number of benzene rings is 1. The molecule has 10 heteroatoms. The molecule has 168 valence electrons. The van der Waals surface area contributed by atoms with Crippen LogP contribution in [0.15, 0.2) is 42.9 Å². The minimum Gasteiger partial charge on any atom is -0.396 e. The van der Waals surface area contributed by atoms with E-state index >= 15 is 0 Å². The van der Waals surface area contributed by atoms with Crippen molar-refractivity contribution in [2.24, 2.45) is 5.41 Å². The molecule has 1 aliphatic rings. The number of carbonyl (C=O) groups is 1. The lowest BCUT2D eigenvalue weighted by Crippen LogP contribution is -2.41. The molecule has 0 aliphatic carbocycles. The molecule has 1 aromatic carbocycles. The van der Waals surface area contributed by atoms with Crippen LogP contribution in [0.4, 0.5) is 17.3 Å². The topological polar surface area (TPSA) is 105 Å². The van der Waals surface area contributed by atoms with Crippen molar-refractivity contribution < 1.29 is 14.6 Å². The van der Waals surface area contributed by atoms with Gasteiger partial charge in [0.1, 0.15) is 6.61 Å². The number of aromatic nitrogens is 4. The highest BCUT2D eigenvalue weighted by Crippen LogP contribution is 2.28. The van der Waals surface area contributed by atoms with Crippen molar-refractivity contribution in [2.45, 2.75) is 20.4 Å². The van der Waals surface area contributed by atoms with Crippen molar-refractivity contribution in [1.82, 2.24) is 19.7 Å². The highest BCUT2D eigenvalue weighted by Gasteiger charge is 2.20. The average molecular weight is 457 g/mol. The lowest BCUT2D eigenvalue weighted by Gasteiger charge is -2.26. The van der Waals surface area contributed by atoms with Gasteiger partial charge in [-0.25, -0.2) is 9.97 Å². The average Bonchev–Trinajstić information content (AvgIpc) is 3.23. The maximum absolute atomic E-state index is 12.0. The van der Waals surface area contributed by atoms with Gasteiger partial charge in [-0.3, -0.25) is 9.48 Å². The van der Waals surface area contributed by atoms with Gasteiger partial charge in [0.2, 0.25) is 5.95 Å². The second-order valence-corrected chi connectivity index (χ2v) is 8.82. The summed E-state index contributed by atoms with van der Waals surface area (Å²) in [5.74, 6) is 0.341. The molecule has 1 aliphatic heterocycles. The van der Waals surface area contributed by atoms with Crippen LogP contribution in [0.5, 0.6) is 0 Å². The van der Waals surface area contributed by atoms with Crippen LogP contribution in [0.3, 0.4) is 0 Å². The zero-order valence-electron chi connectivity index (χ0n) is 18.0. The van der Waals surface area contributed by atoms with Crippen LogP contribution < -0.4 is 10.2 Å². The molecule has 0 saturated carbocycles. The van der Waals surface area contributed by atoms with Crippen LogP contribution in [-0.4, -0.2) is 57.1 Å². The van der Waals surface area contributed by atoms with Crippen LogP contribution in [0.1, 0.15) is 13.8 Å². The molecule has 1 fully saturated rings. The Morgan fingerprint density at radius 2 is 2.03 bits per heavy atom. The number of nitrogens with zero attached hydrogens (tertiary/aromatic N) is 5. The van der Waals surface area contributed by atoms with E-state index in [2.05, 4.69) is 20.4 Å². The minimum absolute atomic E-state index is 0.0504. The summed E-state index contributed by atoms with van der Waals surface area (Å²) in [6.45, 7) is 5.73. The van der Waals surface area contributed by atoms with Gasteiger partial charge < -0.3 is 20.1 Å². The van der Waals surface area contributed by atoms with Crippen LogP contribution in [-0.2, 0) is 16.1 Å². The molecule has 0 bridgehead atoms. The zero-order valence-corrected chi connectivity index (χ0v) is 18.7. The Kier molecular flexibility index (Phi) is 6.40. The van der Waals surface area contributed by atoms with Gasteiger partial charge in [-0.15, -0.1) is 0 Å². The van der Waals surface area contributed by atoms with E-state index < -0.39 is 0 Å². The standard InChI is InChI=1S/C22H25ClN6O3/c1-22(2,14-30)13-28-11-15(9-25-28)20-18(23)10-24-21(27-20)26-16-3-5-17(6-4-16)29-7-8-32-12-19(29)31/h3-6,9-11,30H,7-8,12-14H2,1-2H3,(H,24,26,27). The third-order valence-corrected chi connectivity index (χ3v) is 5.37. The summed E-state index contributed by atoms with van der Waals surface area (Å²) in [7, 11) is 0. The fourth-order valence-corrected chi connectivity index (χ4v) is 3.54. The quantitative estimate of drug-likeness (QED) is 0.562. The van der Waals surface area contributed by atoms with E-state index in [1.807, 2.05) is 44.3 Å². The van der Waals surface area contributed by atoms with Gasteiger partial charge in [0.05, 0.1) is 29.7 Å². The van der Waals surface area contributed by atoms with Crippen LogP contribution in [0.2, 0.25) is 5.02 Å². The van der Waals surface area contributed by atoms with E-state index in [1.54, 1.807) is 22.0 Å². The number of amides is 1. The van der Waals surface area contributed by atoms with E-state index in [4.69, 9.17) is 16.3 Å². The Morgan fingerprint density at radius 3 is 2.75 bits per heavy atom. The van der Waals surface area contributed by atoms with E-state index in [0.29, 0.717) is 36.4 Å². The summed E-state index contributed by atoms with van der Waals surface area (Å²) >= 11 is 6.35. The van der Waals surface area contributed by atoms with Crippen molar-refractivity contribution in [3.05, 3.63) is 47.9 Å². The number of ether oxygens (including phenoxy) is 1. The number of anilines is 3. The minimum atomic E-state index is -0.288. The second-order valence-electron chi connectivity index (χ2n) is 8.41. The second kappa shape index (κ2) is 9.23. The number of carbonyl (C=O) groups excluding carboxylic acids is 1. The maximum Gasteiger partial charge on any atom is 0.253 e. The van der Waals surface area contributed by atoms with E-state index in [0.717, 1.165) is 16.9 Å². The molecule has 0 spiro atoms. The predicted octanol–water partition coefficient (Wildman–Crippen LogP) is 3.12. The molecule has 4 rings (SSSR count). The highest BCUT2D eigenvalue weighted by atomic mass is 35.5. The number of hydrogen-bond acceptors (Lipinski definition) is 7. The van der Waals surface area contributed by atoms with E-state index in [9.17, 15) is 9.90 Å². The number of hydrogen-bond donors (Lipinski definition) is 2. The molecule has 3 aromatic rings. The molecule has 3 heterocycles. The first kappa shape index (κ1) is 22.2. The third kappa shape index (κ3) is 5.07. The van der Waals surface area contributed by atoms with Gasteiger partial charge >= 0.3 is 0 Å². The summed E-state index contributed by atoms with van der Waals surface area (Å²) < 4.78 is 6.94. The number of morpholine rings is 1. The number of aliphatic hydroxyl groups excluding tert-OH is 1. The Hall–Kier alpha value is -3.01. The van der Waals surface area contributed by atoms with Gasteiger partial charge in [0.25, 0.3) is 5.91 Å². The molecule has 32 heavy (non-hydrogen) atoms. The van der Waals surface area contributed by atoms with Gasteiger partial charge in [-0.05, 0) is 24.3 Å². The molecule has 2 aromatic heterocycles. The van der Waals surface area contributed by atoms with E-state index in [-0.39, 0.29) is 24.5 Å². The normalized spacial score (nSPS) is 14.6. The van der Waals surface area contributed by atoms with Crippen molar-refractivity contribution in [1.29, 1.82) is 0 Å². The first-order valence-electron chi connectivity index (χ1n) is 10.3. The summed E-state index contributed by atoms with van der Waals surface area (Å²) in [4.78, 5) is 22.5. The molecule has 0 unspecified atom stereocenters. The Labute approximate surface area is 191 Å². The van der Waals surface area contributed by atoms with Gasteiger partial charge in [0, 0.05) is 48.2 Å². The van der Waals surface area contributed by atoms with Gasteiger partial charge in [-0.2, -0.15) is 5.10 Å². The van der Waals surface area contributed by atoms with Gasteiger partial charge in [-0.1, -0.05) is 25.4 Å². The SMILES string of the molecule is CC(C)(CO)Cn1cc(-c2nc(Nc3ccc(N4CCOCC4=O)cc3)ncc2Cl)cn1. The summed E-state index contributed by atoms with van der Waals surface area (Å²) in [6, 6.07) is 7.47. The summed E-state index contributed by atoms with van der Waals surface area (Å²) in [5, 5.41) is 17.4. The highest BCUT2D eigenvalue weighted by molar-refractivity contribution is 6.32. The van der Waals surface area contributed by atoms with Crippen LogP contribution in [0, 0.1) is 5.41 Å². The Balaban J connectivity index is 1.50. The van der Waals surface area contributed by atoms with Crippen molar-refractivity contribution in [2.75, 3.05) is 36.6 Å². The molecule has 1 amide bonds. The lowest BCUT2D eigenvalue weighted by atomic mass is 9.95. The van der Waals surface area contributed by atoms with E-state index in [1.165, 1.54) is 0 Å².